The molecule has 0 aliphatic carbocycles. The van der Waals surface area contributed by atoms with Crippen LogP contribution in [0.5, 0.6) is 0 Å². The van der Waals surface area contributed by atoms with Crippen molar-refractivity contribution >= 4 is 5.91 Å². The zero-order valence-electron chi connectivity index (χ0n) is 14.6. The maximum absolute atomic E-state index is 12.1. The van der Waals surface area contributed by atoms with E-state index in [1.54, 1.807) is 19.0 Å². The first kappa shape index (κ1) is 16.6. The van der Waals surface area contributed by atoms with Crippen LogP contribution in [-0.2, 0) is 11.2 Å². The molecule has 3 rings (SSSR count). The molecule has 6 heteroatoms. The summed E-state index contributed by atoms with van der Waals surface area (Å²) in [6.45, 7) is 3.49. The summed E-state index contributed by atoms with van der Waals surface area (Å²) in [5.74, 6) is 2.04. The normalized spacial score (nSPS) is 18.0. The van der Waals surface area contributed by atoms with Crippen LogP contribution in [0.15, 0.2) is 30.6 Å². The summed E-state index contributed by atoms with van der Waals surface area (Å²) in [6, 6.07) is 6.33. The molecule has 0 radical (unpaired) electrons. The Morgan fingerprint density at radius 1 is 1.38 bits per heavy atom. The van der Waals surface area contributed by atoms with Crippen LogP contribution in [-0.4, -0.2) is 57.4 Å². The lowest BCUT2D eigenvalue weighted by Gasteiger charge is -2.25. The third-order valence-corrected chi connectivity index (χ3v) is 4.58. The fraction of sp³-hybridized carbons (Fsp3) is 0.500. The highest BCUT2D eigenvalue weighted by Gasteiger charge is 2.29. The number of hydrogen-bond acceptors (Lipinski definition) is 4. The number of rotatable bonds is 5. The zero-order valence-corrected chi connectivity index (χ0v) is 14.6. The summed E-state index contributed by atoms with van der Waals surface area (Å²) < 4.78 is 2.04. The van der Waals surface area contributed by atoms with Crippen LogP contribution < -0.4 is 0 Å². The number of aromatic nitrogens is 3. The average molecular weight is 327 g/mol. The summed E-state index contributed by atoms with van der Waals surface area (Å²) in [5, 5.41) is 0. The van der Waals surface area contributed by atoms with E-state index in [-0.39, 0.29) is 11.9 Å². The van der Waals surface area contributed by atoms with Gasteiger partial charge in [0.15, 0.2) is 0 Å². The maximum Gasteiger partial charge on any atom is 0.236 e. The van der Waals surface area contributed by atoms with Gasteiger partial charge in [-0.3, -0.25) is 14.3 Å². The van der Waals surface area contributed by atoms with Crippen LogP contribution in [0, 0.1) is 0 Å². The van der Waals surface area contributed by atoms with Gasteiger partial charge in [-0.05, 0) is 31.5 Å². The molecule has 2 aromatic rings. The number of pyridine rings is 1. The highest BCUT2D eigenvalue weighted by Crippen LogP contribution is 2.31. The van der Waals surface area contributed by atoms with Gasteiger partial charge in [0.1, 0.15) is 11.6 Å². The van der Waals surface area contributed by atoms with Crippen molar-refractivity contribution in [2.45, 2.75) is 32.2 Å². The molecule has 0 saturated carbocycles. The zero-order chi connectivity index (χ0) is 17.1. The van der Waals surface area contributed by atoms with E-state index in [1.165, 1.54) is 0 Å². The number of imidazole rings is 1. The molecule has 0 unspecified atom stereocenters. The summed E-state index contributed by atoms with van der Waals surface area (Å²) in [6.07, 6.45) is 6.77. The Kier molecular flexibility index (Phi) is 4.94. The number of likely N-dealkylation sites (N-methyl/N-ethyl adjacent to an activating group) is 1. The van der Waals surface area contributed by atoms with Gasteiger partial charge in [0.25, 0.3) is 0 Å². The van der Waals surface area contributed by atoms with Gasteiger partial charge < -0.3 is 4.90 Å². The molecule has 1 fully saturated rings. The smallest absolute Gasteiger partial charge is 0.236 e. The number of amides is 1. The third-order valence-electron chi connectivity index (χ3n) is 4.58. The summed E-state index contributed by atoms with van der Waals surface area (Å²) in [5.41, 5.74) is 1.03. The summed E-state index contributed by atoms with van der Waals surface area (Å²) in [4.78, 5) is 25.2. The predicted molar refractivity (Wildman–Crippen MR) is 93.0 cm³/mol. The van der Waals surface area contributed by atoms with Crippen LogP contribution in [0.4, 0.5) is 0 Å². The molecule has 0 spiro atoms. The lowest BCUT2D eigenvalue weighted by atomic mass is 10.1. The molecule has 1 amide bonds. The fourth-order valence-electron chi connectivity index (χ4n) is 3.23. The second-order valence-electron chi connectivity index (χ2n) is 6.40. The van der Waals surface area contributed by atoms with Gasteiger partial charge in [-0.1, -0.05) is 13.0 Å². The van der Waals surface area contributed by atoms with Crippen molar-refractivity contribution in [3.05, 3.63) is 42.1 Å². The molecule has 0 bridgehead atoms. The minimum Gasteiger partial charge on any atom is -0.348 e. The van der Waals surface area contributed by atoms with E-state index in [2.05, 4.69) is 22.9 Å². The molecule has 1 atom stereocenters. The molecule has 0 aromatic carbocycles. The number of hydrogen-bond donors (Lipinski definition) is 0. The third kappa shape index (κ3) is 3.33. The topological polar surface area (TPSA) is 54.3 Å². The predicted octanol–water partition coefficient (Wildman–Crippen LogP) is 2.05. The van der Waals surface area contributed by atoms with Gasteiger partial charge >= 0.3 is 0 Å². The standard InChI is InChI=1S/C18H25N5O/c1-4-16-19-10-12-23(16)17-9-5-7-14(20-17)15-8-6-11-22(15)13-18(24)21(2)3/h5,7,9-10,12,15H,4,6,8,11,13H2,1-3H3/t15-/m1/s1. The van der Waals surface area contributed by atoms with E-state index in [1.807, 2.05) is 29.1 Å². The lowest BCUT2D eigenvalue weighted by molar-refractivity contribution is -0.130. The second-order valence-corrected chi connectivity index (χ2v) is 6.40. The van der Waals surface area contributed by atoms with Crippen LogP contribution in [0.1, 0.15) is 37.3 Å². The largest absolute Gasteiger partial charge is 0.348 e. The van der Waals surface area contributed by atoms with Crippen molar-refractivity contribution in [3.8, 4) is 5.82 Å². The second kappa shape index (κ2) is 7.13. The van der Waals surface area contributed by atoms with E-state index in [0.29, 0.717) is 6.54 Å². The minimum absolute atomic E-state index is 0.140. The monoisotopic (exact) mass is 327 g/mol. The van der Waals surface area contributed by atoms with Crippen molar-refractivity contribution in [1.82, 2.24) is 24.3 Å². The van der Waals surface area contributed by atoms with Crippen molar-refractivity contribution in [3.63, 3.8) is 0 Å². The van der Waals surface area contributed by atoms with Gasteiger partial charge in [-0.25, -0.2) is 9.97 Å². The number of carbonyl (C=O) groups excluding carboxylic acids is 1. The SMILES string of the molecule is CCc1nccn1-c1cccc([C@H]2CCCN2CC(=O)N(C)C)n1. The fourth-order valence-corrected chi connectivity index (χ4v) is 3.23. The Balaban J connectivity index is 1.84. The quantitative estimate of drug-likeness (QED) is 0.843. The summed E-state index contributed by atoms with van der Waals surface area (Å²) >= 11 is 0. The first-order valence-electron chi connectivity index (χ1n) is 8.54. The molecular formula is C18H25N5O. The van der Waals surface area contributed by atoms with Crippen molar-refractivity contribution < 1.29 is 4.79 Å². The Hall–Kier alpha value is -2.21. The van der Waals surface area contributed by atoms with Crippen LogP contribution in [0.3, 0.4) is 0 Å². The molecule has 6 nitrogen and oxygen atoms in total. The van der Waals surface area contributed by atoms with E-state index in [0.717, 1.165) is 43.1 Å². The Morgan fingerprint density at radius 2 is 2.21 bits per heavy atom. The number of nitrogens with zero attached hydrogens (tertiary/aromatic N) is 5. The first-order chi connectivity index (χ1) is 11.6. The van der Waals surface area contributed by atoms with Gasteiger partial charge in [0.05, 0.1) is 18.3 Å². The van der Waals surface area contributed by atoms with Gasteiger partial charge in [0.2, 0.25) is 5.91 Å². The highest BCUT2D eigenvalue weighted by molar-refractivity contribution is 5.77. The van der Waals surface area contributed by atoms with Crippen molar-refractivity contribution in [2.24, 2.45) is 0 Å². The van der Waals surface area contributed by atoms with E-state index in [9.17, 15) is 4.79 Å². The Bertz CT molecular complexity index is 709. The van der Waals surface area contributed by atoms with Crippen LogP contribution >= 0.6 is 0 Å². The number of carbonyl (C=O) groups is 1. The number of likely N-dealkylation sites (tertiary alicyclic amines) is 1. The minimum atomic E-state index is 0.140. The molecule has 3 heterocycles. The van der Waals surface area contributed by atoms with E-state index < -0.39 is 0 Å². The van der Waals surface area contributed by atoms with E-state index >= 15 is 0 Å². The Morgan fingerprint density at radius 3 is 2.96 bits per heavy atom. The average Bonchev–Trinajstić information content (AvgIpc) is 3.23. The lowest BCUT2D eigenvalue weighted by Crippen LogP contribution is -2.36. The van der Waals surface area contributed by atoms with Crippen LogP contribution in [0.2, 0.25) is 0 Å². The highest BCUT2D eigenvalue weighted by atomic mass is 16.2. The maximum atomic E-state index is 12.1. The van der Waals surface area contributed by atoms with E-state index in [4.69, 9.17) is 4.98 Å². The number of aryl methyl sites for hydroxylation is 1. The molecular weight excluding hydrogens is 302 g/mol. The molecule has 1 saturated heterocycles. The van der Waals surface area contributed by atoms with Crippen molar-refractivity contribution in [1.29, 1.82) is 0 Å². The molecule has 0 N–H and O–H groups in total. The Labute approximate surface area is 143 Å². The van der Waals surface area contributed by atoms with Gasteiger partial charge in [0, 0.05) is 32.9 Å². The first-order valence-corrected chi connectivity index (χ1v) is 8.54. The van der Waals surface area contributed by atoms with Gasteiger partial charge in [-0.2, -0.15) is 0 Å². The van der Waals surface area contributed by atoms with Crippen LogP contribution in [0.25, 0.3) is 5.82 Å². The molecule has 1 aliphatic rings. The van der Waals surface area contributed by atoms with Crippen molar-refractivity contribution in [2.75, 3.05) is 27.2 Å². The molecule has 1 aliphatic heterocycles. The molecule has 24 heavy (non-hydrogen) atoms. The summed E-state index contributed by atoms with van der Waals surface area (Å²) in [7, 11) is 3.61. The molecule has 2 aromatic heterocycles. The molecule has 128 valence electrons. The van der Waals surface area contributed by atoms with Gasteiger partial charge in [-0.15, -0.1) is 0 Å².